The Bertz CT molecular complexity index is 549. The molecular formula is C11H8Cl2N2O. The summed E-state index contributed by atoms with van der Waals surface area (Å²) in [6.07, 6.45) is 3.14. The van der Waals surface area contributed by atoms with Gasteiger partial charge in [0.15, 0.2) is 5.78 Å². The fraction of sp³-hybridized carbons (Fsp3) is 0.0909. The number of halogens is 2. The third-order valence-corrected chi connectivity index (χ3v) is 2.98. The zero-order valence-corrected chi connectivity index (χ0v) is 9.96. The number of ketones is 1. The van der Waals surface area contributed by atoms with Crippen molar-refractivity contribution in [1.29, 1.82) is 0 Å². The Morgan fingerprint density at radius 2 is 2.12 bits per heavy atom. The number of hydrogen-bond acceptors (Lipinski definition) is 2. The third kappa shape index (κ3) is 1.96. The second-order valence-corrected chi connectivity index (χ2v) is 4.12. The summed E-state index contributed by atoms with van der Waals surface area (Å²) in [4.78, 5) is 12.0. The van der Waals surface area contributed by atoms with Crippen molar-refractivity contribution >= 4 is 29.0 Å². The molecule has 0 bridgehead atoms. The van der Waals surface area contributed by atoms with Crippen LogP contribution >= 0.6 is 23.2 Å². The summed E-state index contributed by atoms with van der Waals surface area (Å²) < 4.78 is 1.56. The Balaban J connectivity index is 2.45. The van der Waals surface area contributed by atoms with E-state index in [1.165, 1.54) is 6.20 Å². The van der Waals surface area contributed by atoms with Crippen LogP contribution in [0.15, 0.2) is 30.6 Å². The molecule has 2 rings (SSSR count). The molecule has 2 aromatic rings. The van der Waals surface area contributed by atoms with Gasteiger partial charge in [-0.05, 0) is 12.1 Å². The maximum atomic E-state index is 12.0. The van der Waals surface area contributed by atoms with Crippen LogP contribution in [0.25, 0.3) is 0 Å². The first-order valence-corrected chi connectivity index (χ1v) is 5.32. The van der Waals surface area contributed by atoms with Gasteiger partial charge in [-0.25, -0.2) is 0 Å². The predicted molar refractivity (Wildman–Crippen MR) is 63.1 cm³/mol. The highest BCUT2D eigenvalue weighted by atomic mass is 35.5. The minimum atomic E-state index is -0.180. The number of hydrogen-bond donors (Lipinski definition) is 0. The number of rotatable bonds is 2. The molecule has 5 heteroatoms. The third-order valence-electron chi connectivity index (χ3n) is 2.16. The second kappa shape index (κ2) is 4.28. The van der Waals surface area contributed by atoms with Crippen LogP contribution < -0.4 is 0 Å². The molecule has 3 nitrogen and oxygen atoms in total. The number of carbonyl (C=O) groups is 1. The molecule has 0 saturated carbocycles. The topological polar surface area (TPSA) is 34.9 Å². The molecule has 0 fully saturated rings. The zero-order valence-electron chi connectivity index (χ0n) is 8.45. The van der Waals surface area contributed by atoms with E-state index in [1.54, 1.807) is 36.1 Å². The Morgan fingerprint density at radius 1 is 1.38 bits per heavy atom. The summed E-state index contributed by atoms with van der Waals surface area (Å²) in [5.74, 6) is -0.180. The average molecular weight is 255 g/mol. The Morgan fingerprint density at radius 3 is 2.75 bits per heavy atom. The van der Waals surface area contributed by atoms with E-state index in [4.69, 9.17) is 23.2 Å². The molecule has 0 aliphatic heterocycles. The van der Waals surface area contributed by atoms with Gasteiger partial charge in [0.1, 0.15) is 0 Å². The number of nitrogens with zero attached hydrogens (tertiary/aromatic N) is 2. The van der Waals surface area contributed by atoms with Crippen LogP contribution in [-0.4, -0.2) is 15.6 Å². The lowest BCUT2D eigenvalue weighted by Crippen LogP contribution is -2.01. The van der Waals surface area contributed by atoms with Crippen LogP contribution in [0.5, 0.6) is 0 Å². The number of benzene rings is 1. The maximum Gasteiger partial charge on any atom is 0.197 e. The van der Waals surface area contributed by atoms with Crippen molar-refractivity contribution in [3.05, 3.63) is 51.8 Å². The Hall–Kier alpha value is -1.32. The normalized spacial score (nSPS) is 10.4. The summed E-state index contributed by atoms with van der Waals surface area (Å²) >= 11 is 11.8. The van der Waals surface area contributed by atoms with Gasteiger partial charge in [0, 0.05) is 18.8 Å². The minimum Gasteiger partial charge on any atom is -0.288 e. The molecule has 0 saturated heterocycles. The van der Waals surface area contributed by atoms with E-state index in [1.807, 2.05) is 0 Å². The fourth-order valence-electron chi connectivity index (χ4n) is 1.37. The molecule has 0 N–H and O–H groups in total. The summed E-state index contributed by atoms with van der Waals surface area (Å²) in [5, 5.41) is 4.58. The molecule has 1 aromatic heterocycles. The van der Waals surface area contributed by atoms with Gasteiger partial charge in [-0.3, -0.25) is 9.48 Å². The van der Waals surface area contributed by atoms with E-state index in [2.05, 4.69) is 5.10 Å². The number of carbonyl (C=O) groups excluding carboxylic acids is 1. The molecule has 0 atom stereocenters. The van der Waals surface area contributed by atoms with E-state index in [-0.39, 0.29) is 10.8 Å². The van der Waals surface area contributed by atoms with Crippen molar-refractivity contribution in [2.75, 3.05) is 0 Å². The molecule has 0 aliphatic rings. The van der Waals surface area contributed by atoms with Crippen molar-refractivity contribution in [2.45, 2.75) is 0 Å². The first kappa shape index (κ1) is 11.2. The van der Waals surface area contributed by atoms with E-state index >= 15 is 0 Å². The van der Waals surface area contributed by atoms with Gasteiger partial charge in [-0.2, -0.15) is 5.10 Å². The van der Waals surface area contributed by atoms with E-state index in [0.29, 0.717) is 16.1 Å². The molecule has 1 aromatic carbocycles. The van der Waals surface area contributed by atoms with Gasteiger partial charge in [0.25, 0.3) is 0 Å². The minimum absolute atomic E-state index is 0.180. The van der Waals surface area contributed by atoms with E-state index < -0.39 is 0 Å². The van der Waals surface area contributed by atoms with Gasteiger partial charge < -0.3 is 0 Å². The summed E-state index contributed by atoms with van der Waals surface area (Å²) in [6.45, 7) is 0. The van der Waals surface area contributed by atoms with Crippen molar-refractivity contribution in [3.8, 4) is 0 Å². The Kier molecular flexibility index (Phi) is 2.99. The molecule has 0 spiro atoms. The first-order chi connectivity index (χ1) is 7.59. The number of aryl methyl sites for hydroxylation is 1. The largest absolute Gasteiger partial charge is 0.288 e. The van der Waals surface area contributed by atoms with Gasteiger partial charge in [-0.1, -0.05) is 29.3 Å². The highest BCUT2D eigenvalue weighted by Gasteiger charge is 2.15. The van der Waals surface area contributed by atoms with Crippen molar-refractivity contribution in [1.82, 2.24) is 9.78 Å². The van der Waals surface area contributed by atoms with Gasteiger partial charge >= 0.3 is 0 Å². The highest BCUT2D eigenvalue weighted by molar-refractivity contribution is 6.44. The number of aromatic nitrogens is 2. The standard InChI is InChI=1S/C11H8Cl2N2O/c1-15-6-7(5-14-15)11(16)8-3-2-4-9(12)10(8)13/h2-6H,1H3. The zero-order chi connectivity index (χ0) is 11.7. The van der Waals surface area contributed by atoms with E-state index in [9.17, 15) is 4.79 Å². The molecule has 82 valence electrons. The maximum absolute atomic E-state index is 12.0. The molecule has 1 heterocycles. The Labute approximate surface area is 103 Å². The smallest absolute Gasteiger partial charge is 0.197 e. The molecule has 0 aliphatic carbocycles. The van der Waals surface area contributed by atoms with Crippen LogP contribution in [0.3, 0.4) is 0 Å². The fourth-order valence-corrected chi connectivity index (χ4v) is 1.76. The first-order valence-electron chi connectivity index (χ1n) is 4.57. The molecular weight excluding hydrogens is 247 g/mol. The van der Waals surface area contributed by atoms with Gasteiger partial charge in [-0.15, -0.1) is 0 Å². The van der Waals surface area contributed by atoms with Gasteiger partial charge in [0.2, 0.25) is 0 Å². The van der Waals surface area contributed by atoms with Crippen LogP contribution in [0.2, 0.25) is 10.0 Å². The lowest BCUT2D eigenvalue weighted by molar-refractivity contribution is 0.103. The van der Waals surface area contributed by atoms with Crippen LogP contribution in [0.4, 0.5) is 0 Å². The predicted octanol–water partition coefficient (Wildman–Crippen LogP) is 2.96. The van der Waals surface area contributed by atoms with E-state index in [0.717, 1.165) is 0 Å². The van der Waals surface area contributed by atoms with Crippen LogP contribution in [0.1, 0.15) is 15.9 Å². The quantitative estimate of drug-likeness (QED) is 0.773. The SMILES string of the molecule is Cn1cc(C(=O)c2cccc(Cl)c2Cl)cn1. The monoisotopic (exact) mass is 254 g/mol. The van der Waals surface area contributed by atoms with Crippen LogP contribution in [-0.2, 0) is 7.05 Å². The summed E-state index contributed by atoms with van der Waals surface area (Å²) in [7, 11) is 1.75. The average Bonchev–Trinajstić information content (AvgIpc) is 2.68. The van der Waals surface area contributed by atoms with Crippen molar-refractivity contribution in [3.63, 3.8) is 0 Å². The highest BCUT2D eigenvalue weighted by Crippen LogP contribution is 2.27. The van der Waals surface area contributed by atoms with Crippen molar-refractivity contribution < 1.29 is 4.79 Å². The summed E-state index contributed by atoms with van der Waals surface area (Å²) in [5.41, 5.74) is 0.883. The van der Waals surface area contributed by atoms with Gasteiger partial charge in [0.05, 0.1) is 21.8 Å². The molecule has 16 heavy (non-hydrogen) atoms. The molecule has 0 unspecified atom stereocenters. The lowest BCUT2D eigenvalue weighted by atomic mass is 10.1. The molecule has 0 amide bonds. The lowest BCUT2D eigenvalue weighted by Gasteiger charge is -2.02. The van der Waals surface area contributed by atoms with Crippen molar-refractivity contribution in [2.24, 2.45) is 7.05 Å². The summed E-state index contributed by atoms with van der Waals surface area (Å²) in [6, 6.07) is 4.98. The second-order valence-electron chi connectivity index (χ2n) is 3.33. The van der Waals surface area contributed by atoms with Crippen LogP contribution in [0, 0.1) is 0 Å². The molecule has 0 radical (unpaired) electrons.